The van der Waals surface area contributed by atoms with Crippen LogP contribution >= 0.6 is 48.8 Å². The maximum atomic E-state index is 13.0. The van der Waals surface area contributed by atoms with Gasteiger partial charge in [0.25, 0.3) is 5.91 Å². The molecule has 40 heavy (non-hydrogen) atoms. The van der Waals surface area contributed by atoms with Gasteiger partial charge in [-0.2, -0.15) is 0 Å². The number of rotatable bonds is 10. The average Bonchev–Trinajstić information content (AvgIpc) is 3.24. The molecule has 0 saturated carbocycles. The Balaban J connectivity index is 0.00000267. The molecule has 0 atom stereocenters. The maximum absolute atomic E-state index is 13.0. The minimum Gasteiger partial charge on any atom is -0.497 e. The summed E-state index contributed by atoms with van der Waals surface area (Å²) in [5.41, 5.74) is 4.72. The third-order valence-electron chi connectivity index (χ3n) is 7.09. The fourth-order valence-corrected chi connectivity index (χ4v) is 5.15. The van der Waals surface area contributed by atoms with Gasteiger partial charge < -0.3 is 19.5 Å². The summed E-state index contributed by atoms with van der Waals surface area (Å²) in [7, 11) is 1.66. The number of carbonyl (C=O) groups is 1. The lowest BCUT2D eigenvalue weighted by Crippen LogP contribution is -2.47. The standard InChI is InChI=1S/C29H38ClN5O2.3ClH/c1-5-8-27-32-28(22(3)35(27)23-11-13-24(37-4)14-12-23)29(36)31-15-7-16-33-17-19-34(20-18-33)26-10-6-9-25(30)21(26)2;;;/h6,9-14H,5,7-8,15-20H2,1-4H3,(H,31,36);3*1H. The second-order valence-electron chi connectivity index (χ2n) is 9.57. The van der Waals surface area contributed by atoms with E-state index in [-0.39, 0.29) is 43.1 Å². The maximum Gasteiger partial charge on any atom is 0.271 e. The van der Waals surface area contributed by atoms with Crippen LogP contribution in [0, 0.1) is 13.8 Å². The zero-order valence-electron chi connectivity index (χ0n) is 23.6. The van der Waals surface area contributed by atoms with Crippen LogP contribution in [0.5, 0.6) is 5.75 Å². The van der Waals surface area contributed by atoms with Crippen molar-refractivity contribution >= 4 is 60.4 Å². The van der Waals surface area contributed by atoms with Crippen LogP contribution in [0.1, 0.15) is 47.3 Å². The minimum absolute atomic E-state index is 0. The lowest BCUT2D eigenvalue weighted by molar-refractivity contribution is 0.0946. The Kier molecular flexibility index (Phi) is 15.2. The predicted molar refractivity (Wildman–Crippen MR) is 172 cm³/mol. The lowest BCUT2D eigenvalue weighted by atomic mass is 10.1. The van der Waals surface area contributed by atoms with Crippen molar-refractivity contribution in [2.45, 2.75) is 40.0 Å². The average molecular weight is 633 g/mol. The first-order valence-corrected chi connectivity index (χ1v) is 13.5. The Morgan fingerprint density at radius 2 is 1.70 bits per heavy atom. The Hall–Kier alpha value is -2.16. The molecule has 2 aromatic carbocycles. The lowest BCUT2D eigenvalue weighted by Gasteiger charge is -2.37. The molecule has 2 heterocycles. The molecule has 1 saturated heterocycles. The van der Waals surface area contributed by atoms with E-state index >= 15 is 0 Å². The largest absolute Gasteiger partial charge is 0.497 e. The molecule has 4 rings (SSSR count). The molecular weight excluding hydrogens is 592 g/mol. The number of carbonyl (C=O) groups excluding carboxylic acids is 1. The molecular formula is C29H41Cl4N5O2. The number of benzene rings is 2. The van der Waals surface area contributed by atoms with Crippen LogP contribution in [0.3, 0.4) is 0 Å². The van der Waals surface area contributed by atoms with Gasteiger partial charge in [0.1, 0.15) is 17.3 Å². The quantitative estimate of drug-likeness (QED) is 0.265. The van der Waals surface area contributed by atoms with Crippen molar-refractivity contribution in [3.05, 3.63) is 70.3 Å². The Bertz CT molecular complexity index is 1210. The van der Waals surface area contributed by atoms with E-state index in [1.807, 2.05) is 43.3 Å². The highest BCUT2D eigenvalue weighted by Crippen LogP contribution is 2.27. The Morgan fingerprint density at radius 3 is 2.33 bits per heavy atom. The number of ether oxygens (including phenoxy) is 1. The SMILES string of the molecule is CCCc1nc(C(=O)NCCCN2CCN(c3cccc(Cl)c3C)CC2)c(C)n1-c1ccc(OC)cc1.Cl.Cl.Cl. The van der Waals surface area contributed by atoms with Gasteiger partial charge >= 0.3 is 0 Å². The zero-order chi connectivity index (χ0) is 26.4. The van der Waals surface area contributed by atoms with Gasteiger partial charge in [-0.15, -0.1) is 37.2 Å². The van der Waals surface area contributed by atoms with Crippen molar-refractivity contribution in [2.75, 3.05) is 51.3 Å². The molecule has 1 N–H and O–H groups in total. The van der Waals surface area contributed by atoms with Crippen molar-refractivity contribution < 1.29 is 9.53 Å². The molecule has 1 aliphatic heterocycles. The third kappa shape index (κ3) is 8.43. The summed E-state index contributed by atoms with van der Waals surface area (Å²) < 4.78 is 7.37. The number of halogens is 4. The summed E-state index contributed by atoms with van der Waals surface area (Å²) in [4.78, 5) is 22.6. The van der Waals surface area contributed by atoms with Gasteiger partial charge in [-0.1, -0.05) is 24.6 Å². The molecule has 0 bridgehead atoms. The summed E-state index contributed by atoms with van der Waals surface area (Å²) in [5.74, 6) is 1.60. The van der Waals surface area contributed by atoms with Crippen molar-refractivity contribution in [3.63, 3.8) is 0 Å². The topological polar surface area (TPSA) is 62.6 Å². The van der Waals surface area contributed by atoms with E-state index in [0.717, 1.165) is 85.5 Å². The van der Waals surface area contributed by atoms with Gasteiger partial charge in [-0.3, -0.25) is 9.69 Å². The molecule has 1 aromatic heterocycles. The van der Waals surface area contributed by atoms with Gasteiger partial charge in [0.2, 0.25) is 0 Å². The van der Waals surface area contributed by atoms with Crippen LogP contribution in [0.15, 0.2) is 42.5 Å². The molecule has 3 aromatic rings. The number of hydrogen-bond donors (Lipinski definition) is 1. The molecule has 7 nitrogen and oxygen atoms in total. The van der Waals surface area contributed by atoms with Crippen LogP contribution in [0.4, 0.5) is 5.69 Å². The number of amides is 1. The number of aromatic nitrogens is 2. The van der Waals surface area contributed by atoms with E-state index in [9.17, 15) is 4.79 Å². The highest BCUT2D eigenvalue weighted by Gasteiger charge is 2.21. The molecule has 0 spiro atoms. The fraction of sp³-hybridized carbons (Fsp3) is 0.448. The van der Waals surface area contributed by atoms with Crippen molar-refractivity contribution in [3.8, 4) is 11.4 Å². The number of imidazole rings is 1. The second-order valence-corrected chi connectivity index (χ2v) is 9.97. The van der Waals surface area contributed by atoms with E-state index in [2.05, 4.69) is 39.6 Å². The monoisotopic (exact) mass is 631 g/mol. The van der Waals surface area contributed by atoms with Gasteiger partial charge in [0.05, 0.1) is 12.8 Å². The summed E-state index contributed by atoms with van der Waals surface area (Å²) in [6.07, 6.45) is 2.67. The van der Waals surface area contributed by atoms with Crippen LogP contribution in [-0.2, 0) is 6.42 Å². The number of nitrogens with one attached hydrogen (secondary N) is 1. The van der Waals surface area contributed by atoms with Crippen LogP contribution in [0.25, 0.3) is 5.69 Å². The molecule has 1 aliphatic rings. The van der Waals surface area contributed by atoms with E-state index in [1.165, 1.54) is 5.69 Å². The van der Waals surface area contributed by atoms with Gasteiger partial charge in [-0.05, 0) is 75.2 Å². The summed E-state index contributed by atoms with van der Waals surface area (Å²) in [5, 5.41) is 3.91. The van der Waals surface area contributed by atoms with E-state index in [0.29, 0.717) is 12.2 Å². The molecule has 11 heteroatoms. The molecule has 1 amide bonds. The first kappa shape index (κ1) is 35.9. The number of methoxy groups -OCH3 is 1. The summed E-state index contributed by atoms with van der Waals surface area (Å²) >= 11 is 6.31. The van der Waals surface area contributed by atoms with Gasteiger partial charge in [0.15, 0.2) is 0 Å². The summed E-state index contributed by atoms with van der Waals surface area (Å²) in [6, 6.07) is 14.0. The number of piperazine rings is 1. The van der Waals surface area contributed by atoms with Crippen molar-refractivity contribution in [1.82, 2.24) is 19.8 Å². The number of hydrogen-bond acceptors (Lipinski definition) is 5. The van der Waals surface area contributed by atoms with Crippen molar-refractivity contribution in [2.24, 2.45) is 0 Å². The molecule has 0 unspecified atom stereocenters. The van der Waals surface area contributed by atoms with Crippen LogP contribution < -0.4 is 15.0 Å². The van der Waals surface area contributed by atoms with Gasteiger partial charge in [-0.25, -0.2) is 4.98 Å². The smallest absolute Gasteiger partial charge is 0.271 e. The third-order valence-corrected chi connectivity index (χ3v) is 7.49. The summed E-state index contributed by atoms with van der Waals surface area (Å²) in [6.45, 7) is 11.7. The number of anilines is 1. The van der Waals surface area contributed by atoms with Gasteiger partial charge in [0, 0.05) is 55.5 Å². The molecule has 1 fully saturated rings. The predicted octanol–water partition coefficient (Wildman–Crippen LogP) is 6.31. The number of nitrogens with zero attached hydrogens (tertiary/aromatic N) is 4. The zero-order valence-corrected chi connectivity index (χ0v) is 26.8. The van der Waals surface area contributed by atoms with E-state index in [1.54, 1.807) is 7.11 Å². The fourth-order valence-electron chi connectivity index (χ4n) is 4.98. The first-order valence-electron chi connectivity index (χ1n) is 13.2. The van der Waals surface area contributed by atoms with Crippen molar-refractivity contribution in [1.29, 1.82) is 0 Å². The highest BCUT2D eigenvalue weighted by atomic mass is 35.5. The molecule has 222 valence electrons. The number of aryl methyl sites for hydroxylation is 1. The minimum atomic E-state index is -0.108. The van der Waals surface area contributed by atoms with Crippen LogP contribution in [0.2, 0.25) is 5.02 Å². The molecule has 0 radical (unpaired) electrons. The van der Waals surface area contributed by atoms with E-state index < -0.39 is 0 Å². The Morgan fingerprint density at radius 1 is 1.02 bits per heavy atom. The molecule has 0 aliphatic carbocycles. The van der Waals surface area contributed by atoms with E-state index in [4.69, 9.17) is 21.3 Å². The van der Waals surface area contributed by atoms with Crippen LogP contribution in [-0.4, -0.2) is 66.7 Å². The first-order chi connectivity index (χ1) is 17.9. The Labute approximate surface area is 261 Å². The second kappa shape index (κ2) is 16.9. The highest BCUT2D eigenvalue weighted by molar-refractivity contribution is 6.31. The normalized spacial score (nSPS) is 13.1.